The lowest BCUT2D eigenvalue weighted by molar-refractivity contribution is -0.00214. The molecule has 2 unspecified atom stereocenters. The van der Waals surface area contributed by atoms with E-state index in [1.165, 1.54) is 0 Å². The Morgan fingerprint density at radius 2 is 0.909 bits per heavy atom. The molecule has 0 N–H and O–H groups in total. The molecule has 0 saturated heterocycles. The number of hydrogen-bond donors (Lipinski definition) is 0. The Hall–Kier alpha value is -0.100. The van der Waals surface area contributed by atoms with Crippen molar-refractivity contribution in [3.05, 3.63) is 0 Å². The summed E-state index contributed by atoms with van der Waals surface area (Å²) in [5, 5.41) is 0. The van der Waals surface area contributed by atoms with E-state index in [-0.39, 0.29) is 34.1 Å². The fourth-order valence-corrected chi connectivity index (χ4v) is 6.79. The van der Waals surface area contributed by atoms with Crippen molar-refractivity contribution in [1.82, 2.24) is 0 Å². The third-order valence-electron chi connectivity index (χ3n) is 6.96. The normalized spacial score (nSPS) is 24.8. The van der Waals surface area contributed by atoms with Gasteiger partial charge in [-0.3, -0.25) is 0 Å². The molecule has 33 heavy (non-hydrogen) atoms. The van der Waals surface area contributed by atoms with Gasteiger partial charge in [0.2, 0.25) is 15.0 Å². The van der Waals surface area contributed by atoms with E-state index in [1.807, 2.05) is 0 Å². The maximum atomic E-state index is 6.85. The quantitative estimate of drug-likeness (QED) is 0.238. The predicted octanol–water partition coefficient (Wildman–Crippen LogP) is 8.84. The SMILES string of the molecule is CCCC1(CCC)OC(C(Br)(Br)C2=NC(C(C)(C)C)C(CCC)(CCC)O2)=NC1C(C)(C)C. The highest BCUT2D eigenvalue weighted by molar-refractivity contribution is 9.26. The highest BCUT2D eigenvalue weighted by Gasteiger charge is 2.59. The van der Waals surface area contributed by atoms with Crippen LogP contribution in [0.25, 0.3) is 0 Å². The minimum absolute atomic E-state index is 0.0113. The molecule has 4 nitrogen and oxygen atoms in total. The molecule has 0 spiro atoms. The fourth-order valence-electron chi connectivity index (χ4n) is 6.06. The standard InChI is InChI=1S/C27H48Br2N2O2/c1-11-15-25(16-12-2)19(23(5,6)7)30-21(32-25)27(28,29)22-31-20(24(8,9)10)26(33-22,17-13-3)18-14-4/h19-20H,11-18H2,1-10H3. The summed E-state index contributed by atoms with van der Waals surface area (Å²) < 4.78 is 12.8. The van der Waals surface area contributed by atoms with Crippen LogP contribution in [0.2, 0.25) is 0 Å². The van der Waals surface area contributed by atoms with E-state index in [0.717, 1.165) is 51.4 Å². The van der Waals surface area contributed by atoms with Gasteiger partial charge in [-0.15, -0.1) is 0 Å². The Morgan fingerprint density at radius 3 is 1.12 bits per heavy atom. The maximum absolute atomic E-state index is 6.85. The Balaban J connectivity index is 2.53. The molecule has 2 rings (SSSR count). The van der Waals surface area contributed by atoms with Gasteiger partial charge >= 0.3 is 0 Å². The molecule has 0 aromatic rings. The molecule has 0 aromatic carbocycles. The van der Waals surface area contributed by atoms with Crippen molar-refractivity contribution >= 4 is 43.7 Å². The average Bonchev–Trinajstić information content (AvgIpc) is 3.23. The molecule has 6 heteroatoms. The summed E-state index contributed by atoms with van der Waals surface area (Å²) in [5.41, 5.74) is -0.613. The molecule has 192 valence electrons. The number of aliphatic imine (C=N–C) groups is 2. The number of ether oxygens (including phenoxy) is 2. The van der Waals surface area contributed by atoms with Crippen LogP contribution in [0.4, 0.5) is 0 Å². The summed E-state index contributed by atoms with van der Waals surface area (Å²) in [6.45, 7) is 22.5. The molecule has 2 aliphatic rings. The Labute approximate surface area is 220 Å². The molecule has 0 bridgehead atoms. The molecular formula is C27H48Br2N2O2. The van der Waals surface area contributed by atoms with Crippen LogP contribution >= 0.6 is 31.9 Å². The Bertz CT molecular complexity index is 659. The topological polar surface area (TPSA) is 43.2 Å². The minimum Gasteiger partial charge on any atom is -0.470 e. The third-order valence-corrected chi connectivity index (χ3v) is 8.32. The van der Waals surface area contributed by atoms with E-state index >= 15 is 0 Å². The largest absolute Gasteiger partial charge is 0.470 e. The lowest BCUT2D eigenvalue weighted by atomic mass is 9.73. The summed E-state index contributed by atoms with van der Waals surface area (Å²) in [6.07, 6.45) is 8.19. The van der Waals surface area contributed by atoms with Crippen LogP contribution in [0.5, 0.6) is 0 Å². The van der Waals surface area contributed by atoms with Gasteiger partial charge in [-0.2, -0.15) is 0 Å². The van der Waals surface area contributed by atoms with Gasteiger partial charge in [0, 0.05) is 0 Å². The lowest BCUT2D eigenvalue weighted by Crippen LogP contribution is -2.49. The van der Waals surface area contributed by atoms with Gasteiger partial charge in [0.05, 0.1) is 12.1 Å². The van der Waals surface area contributed by atoms with Gasteiger partial charge in [0.1, 0.15) is 11.2 Å². The summed E-state index contributed by atoms with van der Waals surface area (Å²) in [4.78, 5) is 10.5. The van der Waals surface area contributed by atoms with Gasteiger partial charge in [-0.1, -0.05) is 127 Å². The van der Waals surface area contributed by atoms with Crippen molar-refractivity contribution < 1.29 is 9.47 Å². The van der Waals surface area contributed by atoms with Crippen molar-refractivity contribution in [2.24, 2.45) is 20.8 Å². The van der Waals surface area contributed by atoms with Crippen LogP contribution in [0.15, 0.2) is 9.98 Å². The van der Waals surface area contributed by atoms with Crippen molar-refractivity contribution in [2.45, 2.75) is 147 Å². The number of rotatable bonds is 10. The van der Waals surface area contributed by atoms with Crippen LogP contribution < -0.4 is 0 Å². The first-order chi connectivity index (χ1) is 15.1. The first kappa shape index (κ1) is 29.1. The second-order valence-corrected chi connectivity index (χ2v) is 15.8. The van der Waals surface area contributed by atoms with Crippen LogP contribution in [0.3, 0.4) is 0 Å². The summed E-state index contributed by atoms with van der Waals surface area (Å²) in [5.74, 6) is 1.30. The van der Waals surface area contributed by atoms with Gasteiger partial charge in [-0.25, -0.2) is 9.98 Å². The highest BCUT2D eigenvalue weighted by atomic mass is 79.9. The van der Waals surface area contributed by atoms with Crippen molar-refractivity contribution in [3.63, 3.8) is 0 Å². The van der Waals surface area contributed by atoms with E-state index in [4.69, 9.17) is 19.5 Å². The monoisotopic (exact) mass is 590 g/mol. The average molecular weight is 593 g/mol. The Morgan fingerprint density at radius 1 is 0.636 bits per heavy atom. The summed E-state index contributed by atoms with van der Waals surface area (Å²) in [7, 11) is 0. The number of alkyl halides is 2. The van der Waals surface area contributed by atoms with Gasteiger partial charge in [0.15, 0.2) is 0 Å². The van der Waals surface area contributed by atoms with Gasteiger partial charge < -0.3 is 9.47 Å². The first-order valence-electron chi connectivity index (χ1n) is 13.1. The highest BCUT2D eigenvalue weighted by Crippen LogP contribution is 2.51. The molecule has 0 fully saturated rings. The third kappa shape index (κ3) is 5.84. The van der Waals surface area contributed by atoms with E-state index in [2.05, 4.69) is 101 Å². The van der Waals surface area contributed by atoms with E-state index < -0.39 is 3.23 Å². The lowest BCUT2D eigenvalue weighted by Gasteiger charge is -2.40. The predicted molar refractivity (Wildman–Crippen MR) is 149 cm³/mol. The van der Waals surface area contributed by atoms with Crippen molar-refractivity contribution in [2.75, 3.05) is 0 Å². The zero-order chi connectivity index (χ0) is 25.3. The zero-order valence-electron chi connectivity index (χ0n) is 22.8. The van der Waals surface area contributed by atoms with Crippen LogP contribution in [-0.2, 0) is 9.47 Å². The first-order valence-corrected chi connectivity index (χ1v) is 14.6. The molecule has 0 amide bonds. The smallest absolute Gasteiger partial charge is 0.230 e. The maximum Gasteiger partial charge on any atom is 0.230 e. The van der Waals surface area contributed by atoms with Crippen LogP contribution in [0, 0.1) is 10.8 Å². The van der Waals surface area contributed by atoms with Gasteiger partial charge in [-0.05, 0) is 36.5 Å². The molecular weight excluding hydrogens is 544 g/mol. The summed E-state index contributed by atoms with van der Waals surface area (Å²) in [6, 6.07) is 0.150. The number of hydrogen-bond acceptors (Lipinski definition) is 4. The number of nitrogens with zero attached hydrogens (tertiary/aromatic N) is 2. The Kier molecular flexibility index (Phi) is 9.26. The molecule has 2 atom stereocenters. The molecule has 2 aliphatic heterocycles. The van der Waals surface area contributed by atoms with E-state index in [1.54, 1.807) is 0 Å². The van der Waals surface area contributed by atoms with E-state index in [9.17, 15) is 0 Å². The molecule has 0 aliphatic carbocycles. The van der Waals surface area contributed by atoms with Crippen LogP contribution in [0.1, 0.15) is 121 Å². The van der Waals surface area contributed by atoms with Gasteiger partial charge in [0.25, 0.3) is 0 Å². The molecule has 2 heterocycles. The second kappa shape index (κ2) is 10.5. The zero-order valence-corrected chi connectivity index (χ0v) is 26.0. The van der Waals surface area contributed by atoms with Crippen molar-refractivity contribution in [1.29, 1.82) is 0 Å². The molecule has 0 radical (unpaired) electrons. The number of halogens is 2. The van der Waals surface area contributed by atoms with E-state index in [0.29, 0.717) is 11.8 Å². The van der Waals surface area contributed by atoms with Crippen LogP contribution in [-0.4, -0.2) is 38.3 Å². The van der Waals surface area contributed by atoms with Crippen molar-refractivity contribution in [3.8, 4) is 0 Å². The summed E-state index contributed by atoms with van der Waals surface area (Å²) >= 11 is 7.87. The molecule has 0 saturated carbocycles. The molecule has 0 aromatic heterocycles. The minimum atomic E-state index is -0.862. The second-order valence-electron chi connectivity index (χ2n) is 12.3. The fraction of sp³-hybridized carbons (Fsp3) is 0.926.